The smallest absolute Gasteiger partial charge is 0.263 e. The van der Waals surface area contributed by atoms with Gasteiger partial charge in [0.25, 0.3) is 0 Å². The van der Waals surface area contributed by atoms with Gasteiger partial charge in [-0.2, -0.15) is 0 Å². The van der Waals surface area contributed by atoms with E-state index < -0.39 is 11.1 Å². The predicted molar refractivity (Wildman–Crippen MR) is 25.2 cm³/mol. The summed E-state index contributed by atoms with van der Waals surface area (Å²) in [5.74, 6) is 0. The molecule has 0 bridgehead atoms. The van der Waals surface area contributed by atoms with E-state index in [2.05, 4.69) is 0 Å². The molecular weight excluding hydrogens is 117 g/mol. The molecule has 0 N–H and O–H groups in total. The van der Waals surface area contributed by atoms with Crippen molar-refractivity contribution in [3.05, 3.63) is 20.7 Å². The van der Waals surface area contributed by atoms with E-state index in [4.69, 9.17) is 11.6 Å². The Balaban J connectivity index is 3.03. The summed E-state index contributed by atoms with van der Waals surface area (Å²) in [6, 6.07) is -0.00231. The molecule has 0 aromatic carbocycles. The highest BCUT2D eigenvalue weighted by molar-refractivity contribution is 6.15. The molecule has 0 amide bonds. The van der Waals surface area contributed by atoms with Gasteiger partial charge in [-0.3, -0.25) is 14.2 Å². The summed E-state index contributed by atoms with van der Waals surface area (Å²) >= 11 is 5.07. The number of aromatic nitrogens is 1. The first-order valence-corrected chi connectivity index (χ1v) is 2.22. The number of nitrogens with zero attached hydrogens (tertiary/aromatic N) is 1. The molecule has 1 heterocycles. The van der Waals surface area contributed by atoms with Crippen LogP contribution in [0.25, 0.3) is 0 Å². The standard InChI is InChI=1S/C3H2ClNO2/c4-1-5-2(6)3(5)7/h1H2. The van der Waals surface area contributed by atoms with Gasteiger partial charge in [0.2, 0.25) is 0 Å². The Kier molecular flexibility index (Phi) is 0.785. The predicted octanol–water partition coefficient (Wildman–Crippen LogP) is -0.720. The van der Waals surface area contributed by atoms with Gasteiger partial charge in [0.1, 0.15) is 6.00 Å². The second-order valence-corrected chi connectivity index (χ2v) is 1.40. The van der Waals surface area contributed by atoms with Gasteiger partial charge in [-0.05, 0) is 0 Å². The first-order chi connectivity index (χ1) is 3.27. The van der Waals surface area contributed by atoms with Crippen LogP contribution in [-0.2, 0) is 6.00 Å². The lowest BCUT2D eigenvalue weighted by Crippen LogP contribution is -1.88. The van der Waals surface area contributed by atoms with Crippen molar-refractivity contribution in [3.63, 3.8) is 0 Å². The first-order valence-electron chi connectivity index (χ1n) is 1.69. The summed E-state index contributed by atoms with van der Waals surface area (Å²) in [5, 5.41) is 0. The van der Waals surface area contributed by atoms with E-state index in [-0.39, 0.29) is 6.00 Å². The van der Waals surface area contributed by atoms with Crippen molar-refractivity contribution < 1.29 is 0 Å². The minimum absolute atomic E-state index is 0.00231. The second kappa shape index (κ2) is 1.20. The monoisotopic (exact) mass is 119 g/mol. The number of halogens is 1. The van der Waals surface area contributed by atoms with Crippen molar-refractivity contribution in [2.75, 3.05) is 0 Å². The maximum absolute atomic E-state index is 9.94. The van der Waals surface area contributed by atoms with Crippen LogP contribution in [0.15, 0.2) is 9.59 Å². The molecule has 1 aromatic rings. The maximum Gasteiger partial charge on any atom is 0.320 e. The Labute approximate surface area is 43.8 Å². The zero-order valence-corrected chi connectivity index (χ0v) is 4.10. The fourth-order valence-corrected chi connectivity index (χ4v) is 0.490. The van der Waals surface area contributed by atoms with Crippen LogP contribution in [0, 0.1) is 0 Å². The molecule has 0 saturated carbocycles. The van der Waals surface area contributed by atoms with Gasteiger partial charge in [-0.15, -0.1) is 11.6 Å². The van der Waals surface area contributed by atoms with Crippen LogP contribution in [0.4, 0.5) is 0 Å². The maximum atomic E-state index is 9.94. The Hall–Kier alpha value is -0.570. The van der Waals surface area contributed by atoms with Crippen molar-refractivity contribution in [1.82, 2.24) is 4.57 Å². The molecule has 0 aliphatic rings. The molecule has 0 spiro atoms. The fraction of sp³-hybridized carbons (Fsp3) is 0.333. The lowest BCUT2D eigenvalue weighted by atomic mass is 11.1. The van der Waals surface area contributed by atoms with Gasteiger partial charge in [-0.1, -0.05) is 0 Å². The summed E-state index contributed by atoms with van der Waals surface area (Å²) in [4.78, 5) is 19.9. The average molecular weight is 120 g/mol. The Morgan fingerprint density at radius 2 is 1.86 bits per heavy atom. The molecule has 38 valence electrons. The van der Waals surface area contributed by atoms with Gasteiger partial charge in [-0.25, -0.2) is 0 Å². The third-order valence-corrected chi connectivity index (χ3v) is 0.982. The minimum Gasteiger partial charge on any atom is -0.263 e. The molecule has 1 rings (SSSR count). The molecule has 0 aliphatic heterocycles. The van der Waals surface area contributed by atoms with Crippen molar-refractivity contribution in [1.29, 1.82) is 0 Å². The molecule has 7 heavy (non-hydrogen) atoms. The highest BCUT2D eigenvalue weighted by Gasteiger charge is 2.12. The molecule has 0 saturated heterocycles. The van der Waals surface area contributed by atoms with Crippen molar-refractivity contribution in [3.8, 4) is 0 Å². The zero-order chi connectivity index (χ0) is 5.44. The largest absolute Gasteiger partial charge is 0.320 e. The summed E-state index contributed by atoms with van der Waals surface area (Å²) in [5.41, 5.74) is -0.954. The highest BCUT2D eigenvalue weighted by atomic mass is 35.5. The molecule has 0 atom stereocenters. The fourth-order valence-electron chi connectivity index (χ4n) is 0.273. The van der Waals surface area contributed by atoms with Gasteiger partial charge in [0.05, 0.1) is 0 Å². The van der Waals surface area contributed by atoms with Gasteiger partial charge >= 0.3 is 11.1 Å². The summed E-state index contributed by atoms with van der Waals surface area (Å²) in [6.07, 6.45) is 0. The molecule has 0 aliphatic carbocycles. The van der Waals surface area contributed by atoms with Crippen LogP contribution in [0.3, 0.4) is 0 Å². The first kappa shape index (κ1) is 4.59. The Bertz CT molecular complexity index is 206. The van der Waals surface area contributed by atoms with Crippen molar-refractivity contribution >= 4 is 11.6 Å². The van der Waals surface area contributed by atoms with Crippen LogP contribution in [0.2, 0.25) is 0 Å². The topological polar surface area (TPSA) is 39.1 Å². The van der Waals surface area contributed by atoms with Gasteiger partial charge in [0.15, 0.2) is 0 Å². The molecular formula is C3H2ClNO2. The molecule has 0 radical (unpaired) electrons. The molecule has 0 unspecified atom stereocenters. The van der Waals surface area contributed by atoms with Gasteiger partial charge < -0.3 is 0 Å². The third-order valence-electron chi connectivity index (χ3n) is 0.743. The Morgan fingerprint density at radius 1 is 1.43 bits per heavy atom. The summed E-state index contributed by atoms with van der Waals surface area (Å²) < 4.78 is 0.946. The van der Waals surface area contributed by atoms with Crippen LogP contribution in [0.5, 0.6) is 0 Å². The lowest BCUT2D eigenvalue weighted by Gasteiger charge is -1.67. The average Bonchev–Trinajstić information content (AvgIpc) is 2.17. The van der Waals surface area contributed by atoms with E-state index >= 15 is 0 Å². The number of alkyl halides is 1. The third kappa shape index (κ3) is 0.489. The molecule has 0 fully saturated rings. The summed E-state index contributed by atoms with van der Waals surface area (Å²) in [7, 11) is 0. The van der Waals surface area contributed by atoms with E-state index in [1.54, 1.807) is 0 Å². The normalized spacial score (nSPS) is 10.4. The van der Waals surface area contributed by atoms with E-state index in [1.807, 2.05) is 0 Å². The SMILES string of the molecule is O=c1c(=O)n1CCl. The lowest BCUT2D eigenvalue weighted by molar-refractivity contribution is 0.963. The van der Waals surface area contributed by atoms with Crippen LogP contribution >= 0.6 is 11.6 Å². The van der Waals surface area contributed by atoms with E-state index in [9.17, 15) is 9.59 Å². The minimum atomic E-state index is -0.477. The summed E-state index contributed by atoms with van der Waals surface area (Å²) in [6.45, 7) is 0. The van der Waals surface area contributed by atoms with Gasteiger partial charge in [0, 0.05) is 0 Å². The molecule has 4 heteroatoms. The van der Waals surface area contributed by atoms with Crippen LogP contribution in [0.1, 0.15) is 0 Å². The number of rotatable bonds is 1. The highest BCUT2D eigenvalue weighted by Crippen LogP contribution is 1.76. The van der Waals surface area contributed by atoms with E-state index in [0.29, 0.717) is 0 Å². The van der Waals surface area contributed by atoms with Crippen molar-refractivity contribution in [2.45, 2.75) is 6.00 Å². The number of hydrogen-bond donors (Lipinski definition) is 0. The van der Waals surface area contributed by atoms with Crippen molar-refractivity contribution in [2.24, 2.45) is 0 Å². The molecule has 3 nitrogen and oxygen atoms in total. The zero-order valence-electron chi connectivity index (χ0n) is 3.35. The molecule has 1 aromatic heterocycles. The quantitative estimate of drug-likeness (QED) is 0.362. The van der Waals surface area contributed by atoms with Crippen LogP contribution < -0.4 is 11.1 Å². The van der Waals surface area contributed by atoms with Crippen LogP contribution in [-0.4, -0.2) is 4.57 Å². The Morgan fingerprint density at radius 3 is 1.86 bits per heavy atom. The van der Waals surface area contributed by atoms with E-state index in [1.165, 1.54) is 0 Å². The number of hydrogen-bond acceptors (Lipinski definition) is 2. The van der Waals surface area contributed by atoms with E-state index in [0.717, 1.165) is 4.57 Å². The second-order valence-electron chi connectivity index (χ2n) is 1.16.